The lowest BCUT2D eigenvalue weighted by Crippen LogP contribution is -2.53. The van der Waals surface area contributed by atoms with Crippen molar-refractivity contribution in [2.75, 3.05) is 6.54 Å². The first kappa shape index (κ1) is 18.8. The summed E-state index contributed by atoms with van der Waals surface area (Å²) >= 11 is 0. The molecule has 0 radical (unpaired) electrons. The van der Waals surface area contributed by atoms with Crippen LogP contribution in [0.15, 0.2) is 42.5 Å². The van der Waals surface area contributed by atoms with Gasteiger partial charge in [0.05, 0.1) is 5.54 Å². The SMILES string of the molecule is CCC(CC)(CN)NC(=O)C1CC1c1cccc2ccccc12.Cl. The maximum absolute atomic E-state index is 12.7. The fourth-order valence-electron chi connectivity index (χ4n) is 3.52. The van der Waals surface area contributed by atoms with Crippen LogP contribution in [0, 0.1) is 5.92 Å². The molecule has 24 heavy (non-hydrogen) atoms. The van der Waals surface area contributed by atoms with Crippen molar-refractivity contribution >= 4 is 29.1 Å². The van der Waals surface area contributed by atoms with Crippen molar-refractivity contribution in [3.05, 3.63) is 48.0 Å². The van der Waals surface area contributed by atoms with Crippen LogP contribution in [0.4, 0.5) is 0 Å². The number of halogens is 1. The van der Waals surface area contributed by atoms with Crippen molar-refractivity contribution in [3.8, 4) is 0 Å². The molecule has 0 heterocycles. The normalized spacial score (nSPS) is 19.6. The first-order chi connectivity index (χ1) is 11.1. The Bertz CT molecular complexity index is 698. The Morgan fingerprint density at radius 1 is 1.17 bits per heavy atom. The number of amides is 1. The van der Waals surface area contributed by atoms with Gasteiger partial charge in [-0.1, -0.05) is 56.3 Å². The molecule has 2 aromatic rings. The van der Waals surface area contributed by atoms with Gasteiger partial charge >= 0.3 is 0 Å². The van der Waals surface area contributed by atoms with Gasteiger partial charge in [0.1, 0.15) is 0 Å². The fraction of sp³-hybridized carbons (Fsp3) is 0.450. The van der Waals surface area contributed by atoms with Crippen LogP contribution in [0.2, 0.25) is 0 Å². The second kappa shape index (κ2) is 7.54. The molecule has 1 aliphatic rings. The van der Waals surface area contributed by atoms with Crippen molar-refractivity contribution in [2.24, 2.45) is 11.7 Å². The highest BCUT2D eigenvalue weighted by molar-refractivity contribution is 5.89. The van der Waals surface area contributed by atoms with Crippen LogP contribution >= 0.6 is 12.4 Å². The quantitative estimate of drug-likeness (QED) is 0.830. The number of carbonyl (C=O) groups excluding carboxylic acids is 1. The Morgan fingerprint density at radius 3 is 2.50 bits per heavy atom. The number of benzene rings is 2. The molecular weight excluding hydrogens is 320 g/mol. The van der Waals surface area contributed by atoms with E-state index in [1.807, 2.05) is 0 Å². The van der Waals surface area contributed by atoms with Crippen molar-refractivity contribution in [3.63, 3.8) is 0 Å². The highest BCUT2D eigenvalue weighted by atomic mass is 35.5. The van der Waals surface area contributed by atoms with E-state index < -0.39 is 0 Å². The summed E-state index contributed by atoms with van der Waals surface area (Å²) in [5.41, 5.74) is 6.96. The lowest BCUT2D eigenvalue weighted by molar-refractivity contribution is -0.124. The third-order valence-electron chi connectivity index (χ3n) is 5.48. The van der Waals surface area contributed by atoms with Gasteiger partial charge in [-0.15, -0.1) is 12.4 Å². The Kier molecular flexibility index (Phi) is 5.89. The van der Waals surface area contributed by atoms with Crippen LogP contribution in [-0.2, 0) is 4.79 Å². The van der Waals surface area contributed by atoms with E-state index in [1.54, 1.807) is 0 Å². The molecule has 130 valence electrons. The molecule has 1 aliphatic carbocycles. The van der Waals surface area contributed by atoms with Crippen molar-refractivity contribution in [1.82, 2.24) is 5.32 Å². The molecular formula is C20H27ClN2O. The summed E-state index contributed by atoms with van der Waals surface area (Å²) < 4.78 is 0. The summed E-state index contributed by atoms with van der Waals surface area (Å²) in [6, 6.07) is 14.8. The van der Waals surface area contributed by atoms with Gasteiger partial charge in [0, 0.05) is 12.5 Å². The van der Waals surface area contributed by atoms with Gasteiger partial charge in [0.25, 0.3) is 0 Å². The molecule has 3 N–H and O–H groups in total. The predicted molar refractivity (Wildman–Crippen MR) is 103 cm³/mol. The van der Waals surface area contributed by atoms with Gasteiger partial charge in [0.15, 0.2) is 0 Å². The zero-order valence-electron chi connectivity index (χ0n) is 14.4. The predicted octanol–water partition coefficient (Wildman–Crippen LogP) is 4.00. The second-order valence-electron chi connectivity index (χ2n) is 6.70. The minimum Gasteiger partial charge on any atom is -0.349 e. The van der Waals surface area contributed by atoms with Crippen LogP contribution in [0.25, 0.3) is 10.8 Å². The Morgan fingerprint density at radius 2 is 1.83 bits per heavy atom. The number of fused-ring (bicyclic) bond motifs is 1. The van der Waals surface area contributed by atoms with E-state index in [4.69, 9.17) is 5.73 Å². The molecule has 3 nitrogen and oxygen atoms in total. The van der Waals surface area contributed by atoms with Crippen LogP contribution in [0.5, 0.6) is 0 Å². The van der Waals surface area contributed by atoms with E-state index in [2.05, 4.69) is 61.6 Å². The molecule has 1 amide bonds. The Hall–Kier alpha value is -1.58. The monoisotopic (exact) mass is 346 g/mol. The van der Waals surface area contributed by atoms with E-state index in [1.165, 1.54) is 16.3 Å². The average Bonchev–Trinajstić information content (AvgIpc) is 3.40. The summed E-state index contributed by atoms with van der Waals surface area (Å²) in [7, 11) is 0. The minimum atomic E-state index is -0.247. The van der Waals surface area contributed by atoms with Gasteiger partial charge in [-0.3, -0.25) is 4.79 Å². The molecule has 0 spiro atoms. The maximum Gasteiger partial charge on any atom is 0.224 e. The minimum absolute atomic E-state index is 0. The van der Waals surface area contributed by atoms with Gasteiger partial charge in [-0.05, 0) is 41.5 Å². The molecule has 0 aromatic heterocycles. The molecule has 0 aliphatic heterocycles. The van der Waals surface area contributed by atoms with E-state index in [0.29, 0.717) is 12.5 Å². The van der Waals surface area contributed by atoms with Crippen LogP contribution in [0.3, 0.4) is 0 Å². The number of nitrogens with one attached hydrogen (secondary N) is 1. The largest absolute Gasteiger partial charge is 0.349 e. The highest BCUT2D eigenvalue weighted by Gasteiger charge is 2.46. The first-order valence-electron chi connectivity index (χ1n) is 8.64. The zero-order valence-corrected chi connectivity index (χ0v) is 15.2. The van der Waals surface area contributed by atoms with Gasteiger partial charge < -0.3 is 11.1 Å². The zero-order chi connectivity index (χ0) is 16.4. The molecule has 1 fully saturated rings. The molecule has 3 rings (SSSR count). The van der Waals surface area contributed by atoms with E-state index >= 15 is 0 Å². The summed E-state index contributed by atoms with van der Waals surface area (Å²) in [6.45, 7) is 4.68. The summed E-state index contributed by atoms with van der Waals surface area (Å²) in [6.07, 6.45) is 2.68. The van der Waals surface area contributed by atoms with Gasteiger partial charge in [0.2, 0.25) is 5.91 Å². The number of hydrogen-bond acceptors (Lipinski definition) is 2. The third-order valence-corrected chi connectivity index (χ3v) is 5.48. The lowest BCUT2D eigenvalue weighted by Gasteiger charge is -2.31. The van der Waals surface area contributed by atoms with Crippen molar-refractivity contribution in [2.45, 2.75) is 44.6 Å². The van der Waals surface area contributed by atoms with E-state index in [9.17, 15) is 4.79 Å². The lowest BCUT2D eigenvalue weighted by atomic mass is 9.92. The smallest absolute Gasteiger partial charge is 0.224 e. The molecule has 0 bridgehead atoms. The Labute approximate surface area is 150 Å². The van der Waals surface area contributed by atoms with Crippen LogP contribution in [0.1, 0.15) is 44.6 Å². The maximum atomic E-state index is 12.7. The molecule has 0 saturated heterocycles. The number of rotatable bonds is 6. The van der Waals surface area contributed by atoms with E-state index in [-0.39, 0.29) is 29.8 Å². The number of hydrogen-bond donors (Lipinski definition) is 2. The summed E-state index contributed by atoms with van der Waals surface area (Å²) in [5.74, 6) is 0.590. The standard InChI is InChI=1S/C20H26N2O.ClH/c1-3-20(4-2,13-21)22-19(23)18-12-17(18)16-11-7-9-14-8-5-6-10-15(14)16;/h5-11,17-18H,3-4,12-13,21H2,1-2H3,(H,22,23);1H. The summed E-state index contributed by atoms with van der Waals surface area (Å²) in [5, 5.41) is 5.74. The average molecular weight is 347 g/mol. The highest BCUT2D eigenvalue weighted by Crippen LogP contribution is 2.49. The van der Waals surface area contributed by atoms with Gasteiger partial charge in [-0.2, -0.15) is 0 Å². The summed E-state index contributed by atoms with van der Waals surface area (Å²) in [4.78, 5) is 12.7. The van der Waals surface area contributed by atoms with Crippen molar-refractivity contribution < 1.29 is 4.79 Å². The van der Waals surface area contributed by atoms with Crippen LogP contribution < -0.4 is 11.1 Å². The molecule has 1 saturated carbocycles. The molecule has 2 atom stereocenters. The third kappa shape index (κ3) is 3.42. The fourth-order valence-corrected chi connectivity index (χ4v) is 3.52. The molecule has 4 heteroatoms. The van der Waals surface area contributed by atoms with Crippen LogP contribution in [-0.4, -0.2) is 18.0 Å². The van der Waals surface area contributed by atoms with Gasteiger partial charge in [-0.25, -0.2) is 0 Å². The second-order valence-corrected chi connectivity index (χ2v) is 6.70. The number of nitrogens with two attached hydrogens (primary N) is 1. The Balaban J connectivity index is 0.00000208. The van der Waals surface area contributed by atoms with E-state index in [0.717, 1.165) is 19.3 Å². The number of carbonyl (C=O) groups is 1. The first-order valence-corrected chi connectivity index (χ1v) is 8.64. The molecule has 2 aromatic carbocycles. The topological polar surface area (TPSA) is 55.1 Å². The molecule has 2 unspecified atom stereocenters. The van der Waals surface area contributed by atoms with Crippen molar-refractivity contribution in [1.29, 1.82) is 0 Å².